The molecule has 0 aliphatic carbocycles. The summed E-state index contributed by atoms with van der Waals surface area (Å²) in [5, 5.41) is 9.72. The highest BCUT2D eigenvalue weighted by molar-refractivity contribution is 9.10. The minimum atomic E-state index is -0.290. The molecule has 0 bridgehead atoms. The van der Waals surface area contributed by atoms with Crippen molar-refractivity contribution in [3.05, 3.63) is 35.0 Å². The van der Waals surface area contributed by atoms with Gasteiger partial charge in [0.25, 0.3) is 0 Å². The number of anilines is 1. The molecular formula is C12H13BrN6O. The Balaban J connectivity index is 1.64. The standard InChI is InChI=1S/C12H13BrN6O/c13-8-3-4-10(14-6-8)18-12(20)17-9-2-1-5-19-11(9)15-7-16-19/h3-4,6-7,9H,1-2,5H2,(H2,14,17,18,20). The zero-order valence-electron chi connectivity index (χ0n) is 10.6. The first-order valence-electron chi connectivity index (χ1n) is 6.29. The van der Waals surface area contributed by atoms with E-state index in [1.165, 1.54) is 6.33 Å². The van der Waals surface area contributed by atoms with Crippen LogP contribution >= 0.6 is 15.9 Å². The Morgan fingerprint density at radius 2 is 2.30 bits per heavy atom. The molecule has 1 aliphatic heterocycles. The van der Waals surface area contributed by atoms with E-state index in [0.29, 0.717) is 5.82 Å². The second-order valence-corrected chi connectivity index (χ2v) is 5.41. The molecule has 2 amide bonds. The molecule has 2 aromatic heterocycles. The Morgan fingerprint density at radius 3 is 3.10 bits per heavy atom. The van der Waals surface area contributed by atoms with Crippen molar-refractivity contribution in [3.63, 3.8) is 0 Å². The maximum absolute atomic E-state index is 12.0. The van der Waals surface area contributed by atoms with E-state index >= 15 is 0 Å². The predicted molar refractivity (Wildman–Crippen MR) is 76.1 cm³/mol. The van der Waals surface area contributed by atoms with Gasteiger partial charge in [-0.15, -0.1) is 0 Å². The number of amides is 2. The van der Waals surface area contributed by atoms with Gasteiger partial charge in [-0.05, 0) is 40.9 Å². The predicted octanol–water partition coefficient (Wildman–Crippen LogP) is 2.09. The van der Waals surface area contributed by atoms with Crippen molar-refractivity contribution in [2.75, 3.05) is 5.32 Å². The molecule has 7 nitrogen and oxygen atoms in total. The molecule has 3 rings (SSSR count). The quantitative estimate of drug-likeness (QED) is 0.879. The fraction of sp³-hybridized carbons (Fsp3) is 0.333. The first-order valence-corrected chi connectivity index (χ1v) is 7.08. The van der Waals surface area contributed by atoms with Gasteiger partial charge in [0.2, 0.25) is 0 Å². The third-order valence-electron chi connectivity index (χ3n) is 3.09. The van der Waals surface area contributed by atoms with Crippen LogP contribution in [-0.2, 0) is 6.54 Å². The molecule has 1 aliphatic rings. The van der Waals surface area contributed by atoms with Gasteiger partial charge in [-0.25, -0.2) is 19.4 Å². The third-order valence-corrected chi connectivity index (χ3v) is 3.56. The molecule has 3 heterocycles. The number of aromatic nitrogens is 4. The summed E-state index contributed by atoms with van der Waals surface area (Å²) in [7, 11) is 0. The summed E-state index contributed by atoms with van der Waals surface area (Å²) in [4.78, 5) is 20.3. The van der Waals surface area contributed by atoms with E-state index in [2.05, 4.69) is 41.6 Å². The van der Waals surface area contributed by atoms with E-state index in [0.717, 1.165) is 29.7 Å². The van der Waals surface area contributed by atoms with Crippen LogP contribution in [0.4, 0.5) is 10.6 Å². The van der Waals surface area contributed by atoms with Gasteiger partial charge in [0.1, 0.15) is 18.0 Å². The molecule has 0 saturated carbocycles. The number of hydrogen-bond acceptors (Lipinski definition) is 4. The number of nitrogens with zero attached hydrogens (tertiary/aromatic N) is 4. The lowest BCUT2D eigenvalue weighted by atomic mass is 10.1. The molecule has 0 aromatic carbocycles. The van der Waals surface area contributed by atoms with Crippen LogP contribution in [0.2, 0.25) is 0 Å². The number of nitrogens with one attached hydrogen (secondary N) is 2. The minimum absolute atomic E-state index is 0.110. The second-order valence-electron chi connectivity index (χ2n) is 4.50. The molecule has 0 radical (unpaired) electrons. The van der Waals surface area contributed by atoms with Crippen molar-refractivity contribution in [1.29, 1.82) is 0 Å². The Bertz CT molecular complexity index is 611. The molecule has 104 valence electrons. The van der Waals surface area contributed by atoms with Gasteiger partial charge in [0, 0.05) is 17.2 Å². The van der Waals surface area contributed by atoms with Crippen molar-refractivity contribution >= 4 is 27.8 Å². The lowest BCUT2D eigenvalue weighted by molar-refractivity contribution is 0.244. The van der Waals surface area contributed by atoms with E-state index in [-0.39, 0.29) is 12.1 Å². The van der Waals surface area contributed by atoms with Gasteiger partial charge in [-0.3, -0.25) is 5.32 Å². The molecule has 8 heteroatoms. The first-order chi connectivity index (χ1) is 9.72. The van der Waals surface area contributed by atoms with E-state index in [9.17, 15) is 4.79 Å². The van der Waals surface area contributed by atoms with Crippen LogP contribution in [0.25, 0.3) is 0 Å². The van der Waals surface area contributed by atoms with E-state index in [4.69, 9.17) is 0 Å². The molecule has 2 N–H and O–H groups in total. The number of carbonyl (C=O) groups excluding carboxylic acids is 1. The fourth-order valence-corrected chi connectivity index (χ4v) is 2.42. The van der Waals surface area contributed by atoms with E-state index < -0.39 is 0 Å². The molecule has 1 atom stereocenters. The minimum Gasteiger partial charge on any atom is -0.328 e. The Labute approximate surface area is 123 Å². The molecule has 0 spiro atoms. The van der Waals surface area contributed by atoms with Crippen LogP contribution in [0.3, 0.4) is 0 Å². The van der Waals surface area contributed by atoms with E-state index in [1.54, 1.807) is 12.3 Å². The number of urea groups is 1. The number of pyridine rings is 1. The van der Waals surface area contributed by atoms with Crippen molar-refractivity contribution in [2.45, 2.75) is 25.4 Å². The van der Waals surface area contributed by atoms with Crippen LogP contribution in [0.5, 0.6) is 0 Å². The van der Waals surface area contributed by atoms with Crippen LogP contribution in [-0.4, -0.2) is 25.8 Å². The monoisotopic (exact) mass is 336 g/mol. The molecule has 0 fully saturated rings. The number of hydrogen-bond donors (Lipinski definition) is 2. The Kier molecular flexibility index (Phi) is 3.64. The number of aryl methyl sites for hydroxylation is 1. The summed E-state index contributed by atoms with van der Waals surface area (Å²) in [6.45, 7) is 0.851. The van der Waals surface area contributed by atoms with Gasteiger partial charge < -0.3 is 5.32 Å². The average Bonchev–Trinajstić information content (AvgIpc) is 2.91. The molecule has 0 saturated heterocycles. The van der Waals surface area contributed by atoms with Crippen LogP contribution in [0, 0.1) is 0 Å². The van der Waals surface area contributed by atoms with Gasteiger partial charge in [0.15, 0.2) is 0 Å². The number of rotatable bonds is 2. The third kappa shape index (κ3) is 2.79. The summed E-state index contributed by atoms with van der Waals surface area (Å²) < 4.78 is 2.69. The number of halogens is 1. The summed E-state index contributed by atoms with van der Waals surface area (Å²) in [5.41, 5.74) is 0. The number of carbonyl (C=O) groups is 1. The number of fused-ring (bicyclic) bond motifs is 1. The average molecular weight is 337 g/mol. The van der Waals surface area contributed by atoms with Gasteiger partial charge in [-0.1, -0.05) is 0 Å². The first kappa shape index (κ1) is 13.0. The van der Waals surface area contributed by atoms with Gasteiger partial charge in [0.05, 0.1) is 6.04 Å². The lowest BCUT2D eigenvalue weighted by Crippen LogP contribution is -2.36. The van der Waals surface area contributed by atoms with Crippen molar-refractivity contribution < 1.29 is 4.79 Å². The largest absolute Gasteiger partial charge is 0.328 e. The molecular weight excluding hydrogens is 324 g/mol. The SMILES string of the molecule is O=C(Nc1ccc(Br)cn1)NC1CCCn2ncnc21. The van der Waals surface area contributed by atoms with Crippen LogP contribution in [0.15, 0.2) is 29.1 Å². The van der Waals surface area contributed by atoms with Crippen LogP contribution < -0.4 is 10.6 Å². The van der Waals surface area contributed by atoms with Crippen molar-refractivity contribution in [3.8, 4) is 0 Å². The van der Waals surface area contributed by atoms with Crippen molar-refractivity contribution in [2.24, 2.45) is 0 Å². The fourth-order valence-electron chi connectivity index (χ4n) is 2.19. The Morgan fingerprint density at radius 1 is 1.40 bits per heavy atom. The van der Waals surface area contributed by atoms with Gasteiger partial charge in [-0.2, -0.15) is 5.10 Å². The smallest absolute Gasteiger partial charge is 0.320 e. The summed E-state index contributed by atoms with van der Waals surface area (Å²) in [6.07, 6.45) is 4.98. The van der Waals surface area contributed by atoms with Gasteiger partial charge >= 0.3 is 6.03 Å². The second kappa shape index (κ2) is 5.58. The maximum atomic E-state index is 12.0. The highest BCUT2D eigenvalue weighted by Crippen LogP contribution is 2.22. The Hall–Kier alpha value is -1.96. The molecule has 2 aromatic rings. The normalized spacial score (nSPS) is 17.4. The van der Waals surface area contributed by atoms with E-state index in [1.807, 2.05) is 10.7 Å². The molecule has 1 unspecified atom stereocenters. The van der Waals surface area contributed by atoms with Crippen LogP contribution in [0.1, 0.15) is 24.7 Å². The summed E-state index contributed by atoms with van der Waals surface area (Å²) in [6, 6.07) is 3.15. The maximum Gasteiger partial charge on any atom is 0.320 e. The highest BCUT2D eigenvalue weighted by Gasteiger charge is 2.23. The summed E-state index contributed by atoms with van der Waals surface area (Å²) in [5.74, 6) is 1.30. The summed E-state index contributed by atoms with van der Waals surface area (Å²) >= 11 is 3.30. The molecule has 20 heavy (non-hydrogen) atoms. The van der Waals surface area contributed by atoms with Crippen molar-refractivity contribution in [1.82, 2.24) is 25.1 Å². The zero-order chi connectivity index (χ0) is 13.9. The zero-order valence-corrected chi connectivity index (χ0v) is 12.2. The topological polar surface area (TPSA) is 84.7 Å². The highest BCUT2D eigenvalue weighted by atomic mass is 79.9. The lowest BCUT2D eigenvalue weighted by Gasteiger charge is -2.23.